The Hall–Kier alpha value is -3.55. The molecule has 2 atom stereocenters. The van der Waals surface area contributed by atoms with Gasteiger partial charge in [-0.05, 0) is 56.4 Å². The van der Waals surface area contributed by atoms with Crippen LogP contribution in [0, 0.1) is 11.3 Å². The van der Waals surface area contributed by atoms with Gasteiger partial charge < -0.3 is 15.5 Å². The molecule has 2 saturated heterocycles. The molecule has 2 unspecified atom stereocenters. The normalized spacial score (nSPS) is 21.7. The third-order valence-electron chi connectivity index (χ3n) is 7.39. The van der Waals surface area contributed by atoms with Crippen LogP contribution in [0.4, 0.5) is 10.8 Å². The number of nitriles is 1. The summed E-state index contributed by atoms with van der Waals surface area (Å²) in [4.78, 5) is 7.19. The van der Waals surface area contributed by atoms with Gasteiger partial charge in [-0.1, -0.05) is 11.3 Å². The van der Waals surface area contributed by atoms with Crippen LogP contribution in [0.2, 0.25) is 0 Å². The van der Waals surface area contributed by atoms with Crippen molar-refractivity contribution in [3.8, 4) is 28.0 Å². The first-order valence-corrected chi connectivity index (χ1v) is 13.0. The molecule has 6 heterocycles. The third-order valence-corrected chi connectivity index (χ3v) is 8.41. The van der Waals surface area contributed by atoms with Crippen LogP contribution >= 0.6 is 11.3 Å². The van der Waals surface area contributed by atoms with Crippen molar-refractivity contribution in [3.63, 3.8) is 0 Å². The smallest absolute Gasteiger partial charge is 0.208 e. The fourth-order valence-corrected chi connectivity index (χ4v) is 6.20. The first-order chi connectivity index (χ1) is 17.2. The summed E-state index contributed by atoms with van der Waals surface area (Å²) in [5.41, 5.74) is 5.16. The Labute approximate surface area is 206 Å². The molecule has 2 bridgehead atoms. The second kappa shape index (κ2) is 8.29. The van der Waals surface area contributed by atoms with Gasteiger partial charge in [-0.2, -0.15) is 10.4 Å². The van der Waals surface area contributed by atoms with E-state index in [9.17, 15) is 5.26 Å². The average Bonchev–Trinajstić information content (AvgIpc) is 3.59. The lowest BCUT2D eigenvalue weighted by atomic mass is 9.92. The van der Waals surface area contributed by atoms with Gasteiger partial charge in [0.15, 0.2) is 5.01 Å². The van der Waals surface area contributed by atoms with E-state index in [1.54, 1.807) is 17.5 Å². The molecule has 1 saturated carbocycles. The van der Waals surface area contributed by atoms with Crippen molar-refractivity contribution in [3.05, 3.63) is 42.2 Å². The summed E-state index contributed by atoms with van der Waals surface area (Å²) in [5, 5.41) is 32.1. The highest BCUT2D eigenvalue weighted by atomic mass is 32.1. The number of hydrogen-bond acceptors (Lipinski definition) is 9. The monoisotopic (exact) mass is 483 g/mol. The molecular weight excluding hydrogens is 458 g/mol. The topological polar surface area (TPSA) is 107 Å². The number of nitrogens with one attached hydrogen (secondary N) is 2. The second-order valence-corrected chi connectivity index (χ2v) is 10.7. The van der Waals surface area contributed by atoms with Crippen molar-refractivity contribution >= 4 is 27.7 Å². The van der Waals surface area contributed by atoms with E-state index < -0.39 is 0 Å². The standard InChI is InChI=1S/C25H25N9S/c26-10-15-8-19-6-7-23(34(19)28-11-15)22-9-21(30-16-2-1-3-16)20(12-27-22)24-31-32-25(35-24)33-13-17-4-5-18(14-33)29-17/h6-9,11-12,16-18,29H,1-5,13-14H2,(H,27,30). The van der Waals surface area contributed by atoms with Crippen molar-refractivity contribution < 1.29 is 0 Å². The minimum absolute atomic E-state index is 0.473. The van der Waals surface area contributed by atoms with E-state index in [1.807, 2.05) is 28.9 Å². The van der Waals surface area contributed by atoms with E-state index in [1.165, 1.54) is 32.1 Å². The van der Waals surface area contributed by atoms with Gasteiger partial charge in [0.25, 0.3) is 0 Å². The van der Waals surface area contributed by atoms with E-state index in [0.29, 0.717) is 23.7 Å². The zero-order valence-electron chi connectivity index (χ0n) is 19.2. The first-order valence-electron chi connectivity index (χ1n) is 12.2. The third kappa shape index (κ3) is 3.72. The molecule has 0 radical (unpaired) electrons. The molecule has 176 valence electrons. The van der Waals surface area contributed by atoms with Gasteiger partial charge in [-0.25, -0.2) is 4.52 Å². The van der Waals surface area contributed by atoms with Crippen LogP contribution in [-0.4, -0.2) is 56.0 Å². The Morgan fingerprint density at radius 1 is 1.06 bits per heavy atom. The van der Waals surface area contributed by atoms with Crippen LogP contribution < -0.4 is 15.5 Å². The second-order valence-electron chi connectivity index (χ2n) is 9.73. The van der Waals surface area contributed by atoms with E-state index in [-0.39, 0.29) is 0 Å². The Bertz CT molecular complexity index is 1430. The van der Waals surface area contributed by atoms with Crippen molar-refractivity contribution in [1.82, 2.24) is 30.1 Å². The maximum Gasteiger partial charge on any atom is 0.208 e. The van der Waals surface area contributed by atoms with Gasteiger partial charge in [0.2, 0.25) is 5.13 Å². The molecule has 7 rings (SSSR count). The van der Waals surface area contributed by atoms with Crippen molar-refractivity contribution in [2.24, 2.45) is 0 Å². The van der Waals surface area contributed by atoms with Gasteiger partial charge in [-0.3, -0.25) is 4.98 Å². The maximum absolute atomic E-state index is 9.19. The molecule has 10 heteroatoms. The fourth-order valence-electron chi connectivity index (χ4n) is 5.32. The number of fused-ring (bicyclic) bond motifs is 3. The number of anilines is 2. The number of piperazine rings is 1. The SMILES string of the molecule is N#Cc1cnn2c(-c3cc(NC4CCC4)c(-c4nnc(N5CC6CCC(C5)N6)s4)cn3)ccc2c1. The molecular formula is C25H25N9S. The number of pyridine rings is 1. The summed E-state index contributed by atoms with van der Waals surface area (Å²) >= 11 is 1.65. The Kier molecular flexibility index (Phi) is 4.92. The molecule has 4 aromatic rings. The number of hydrogen-bond donors (Lipinski definition) is 2. The molecule has 2 N–H and O–H groups in total. The molecule has 0 spiro atoms. The minimum Gasteiger partial charge on any atom is -0.382 e. The van der Waals surface area contributed by atoms with E-state index >= 15 is 0 Å². The predicted octanol–water partition coefficient (Wildman–Crippen LogP) is 3.69. The molecule has 2 aliphatic heterocycles. The number of nitrogens with zero attached hydrogens (tertiary/aromatic N) is 7. The van der Waals surface area contributed by atoms with Gasteiger partial charge >= 0.3 is 0 Å². The fraction of sp³-hybridized carbons (Fsp3) is 0.400. The molecule has 4 aromatic heterocycles. The highest BCUT2D eigenvalue weighted by Crippen LogP contribution is 2.38. The van der Waals surface area contributed by atoms with Crippen molar-refractivity contribution in [2.45, 2.75) is 50.2 Å². The van der Waals surface area contributed by atoms with E-state index in [4.69, 9.17) is 4.98 Å². The molecule has 0 amide bonds. The lowest BCUT2D eigenvalue weighted by Crippen LogP contribution is -2.51. The van der Waals surface area contributed by atoms with Crippen LogP contribution in [-0.2, 0) is 0 Å². The summed E-state index contributed by atoms with van der Waals surface area (Å²) < 4.78 is 1.83. The van der Waals surface area contributed by atoms with Crippen LogP contribution in [0.5, 0.6) is 0 Å². The Balaban J connectivity index is 1.24. The highest BCUT2D eigenvalue weighted by Gasteiger charge is 2.33. The average molecular weight is 484 g/mol. The van der Waals surface area contributed by atoms with Gasteiger partial charge in [-0.15, -0.1) is 10.2 Å². The molecule has 1 aliphatic carbocycles. The lowest BCUT2D eigenvalue weighted by molar-refractivity contribution is 0.445. The lowest BCUT2D eigenvalue weighted by Gasteiger charge is -2.32. The van der Waals surface area contributed by atoms with Crippen LogP contribution in [0.3, 0.4) is 0 Å². The number of rotatable bonds is 5. The summed E-state index contributed by atoms with van der Waals surface area (Å²) in [6.45, 7) is 1.99. The zero-order valence-corrected chi connectivity index (χ0v) is 20.0. The van der Waals surface area contributed by atoms with Crippen molar-refractivity contribution in [2.75, 3.05) is 23.3 Å². The first kappa shape index (κ1) is 20.8. The maximum atomic E-state index is 9.19. The Morgan fingerprint density at radius 2 is 1.91 bits per heavy atom. The summed E-state index contributed by atoms with van der Waals surface area (Å²) in [6.07, 6.45) is 9.59. The molecule has 0 aromatic carbocycles. The van der Waals surface area contributed by atoms with Gasteiger partial charge in [0.1, 0.15) is 6.07 Å². The summed E-state index contributed by atoms with van der Waals surface area (Å²) in [7, 11) is 0. The number of aromatic nitrogens is 5. The van der Waals surface area contributed by atoms with Crippen molar-refractivity contribution in [1.29, 1.82) is 5.26 Å². The van der Waals surface area contributed by atoms with Crippen LogP contribution in [0.15, 0.2) is 36.7 Å². The quantitative estimate of drug-likeness (QED) is 0.443. The highest BCUT2D eigenvalue weighted by molar-refractivity contribution is 7.18. The molecule has 3 fully saturated rings. The summed E-state index contributed by atoms with van der Waals surface area (Å²) in [5.74, 6) is 0. The minimum atomic E-state index is 0.473. The summed E-state index contributed by atoms with van der Waals surface area (Å²) in [6, 6.07) is 11.7. The zero-order chi connectivity index (χ0) is 23.4. The molecule has 35 heavy (non-hydrogen) atoms. The van der Waals surface area contributed by atoms with Crippen LogP contribution in [0.1, 0.15) is 37.7 Å². The molecule has 9 nitrogen and oxygen atoms in total. The Morgan fingerprint density at radius 3 is 2.69 bits per heavy atom. The predicted molar refractivity (Wildman–Crippen MR) is 135 cm³/mol. The van der Waals surface area contributed by atoms with E-state index in [0.717, 1.165) is 51.4 Å². The van der Waals surface area contributed by atoms with Gasteiger partial charge in [0.05, 0.1) is 34.2 Å². The van der Waals surface area contributed by atoms with E-state index in [2.05, 4.69) is 43.0 Å². The van der Waals surface area contributed by atoms with Gasteiger partial charge in [0, 0.05) is 43.1 Å². The largest absolute Gasteiger partial charge is 0.382 e. The van der Waals surface area contributed by atoms with Crippen LogP contribution in [0.25, 0.3) is 27.5 Å². The molecule has 3 aliphatic rings.